The third kappa shape index (κ3) is 16.5. The number of ether oxygens (including phenoxy) is 5. The second-order valence-corrected chi connectivity index (χ2v) is 19.9. The number of hydrogen-bond acceptors (Lipinski definition) is 10. The molecule has 396 valence electrons. The summed E-state index contributed by atoms with van der Waals surface area (Å²) in [4.78, 5) is 0. The number of alkyl halides is 9. The van der Waals surface area contributed by atoms with Gasteiger partial charge in [0, 0.05) is 6.42 Å². The minimum absolute atomic E-state index is 0.122. The van der Waals surface area contributed by atoms with E-state index in [-0.39, 0.29) is 48.5 Å². The maximum Gasteiger partial charge on any atom is 0.460 e. The van der Waals surface area contributed by atoms with Gasteiger partial charge in [0.05, 0.1) is 62.8 Å². The summed E-state index contributed by atoms with van der Waals surface area (Å²) < 4.78 is 178. The van der Waals surface area contributed by atoms with Crippen LogP contribution in [0.3, 0.4) is 0 Å². The standard InChI is InChI=1S/C50H65F9N4O7S/c1-3-4-5-6-7-8-9-10-11-15-20-42(68-36-38-24-28-41(29-25-38)67-33-17-32-47(51,52)48(53,54)49(55,56)50(57,58)59)44-30-31-45(70-44)43(69-35-37-22-26-40(66-2)27-23-37)21-16-34-71(64,65)46-60-61-62-63(46)39-18-13-12-14-19-39/h12-14,18-19,22-29,42-45H,3-11,15-17,20-21,30-36H2,1-2H3/t42-,43+,44-,45+/m0/s1. The smallest absolute Gasteiger partial charge is 0.460 e. The van der Waals surface area contributed by atoms with Crippen molar-refractivity contribution in [1.29, 1.82) is 0 Å². The number of benzene rings is 3. The highest BCUT2D eigenvalue weighted by molar-refractivity contribution is 7.91. The Kier molecular flexibility index (Phi) is 21.8. The van der Waals surface area contributed by atoms with Gasteiger partial charge in [0.25, 0.3) is 5.16 Å². The van der Waals surface area contributed by atoms with Crippen LogP contribution < -0.4 is 9.47 Å². The zero-order chi connectivity index (χ0) is 51.5. The zero-order valence-electron chi connectivity index (χ0n) is 40.1. The quantitative estimate of drug-likeness (QED) is 0.0336. The molecule has 21 heteroatoms. The number of halogens is 9. The van der Waals surface area contributed by atoms with Crippen LogP contribution in [0.4, 0.5) is 39.5 Å². The molecule has 0 bridgehead atoms. The van der Waals surface area contributed by atoms with Crippen molar-refractivity contribution >= 4 is 9.84 Å². The molecule has 0 radical (unpaired) electrons. The lowest BCUT2D eigenvalue weighted by Gasteiger charge is -2.33. The summed E-state index contributed by atoms with van der Waals surface area (Å²) in [5.74, 6) is -18.7. The summed E-state index contributed by atoms with van der Waals surface area (Å²) >= 11 is 0. The number of unbranched alkanes of at least 4 members (excludes halogenated alkanes) is 9. The highest BCUT2D eigenvalue weighted by atomic mass is 32.2. The monoisotopic (exact) mass is 1040 g/mol. The molecule has 2 heterocycles. The molecular formula is C50H65F9N4O7S. The molecule has 5 rings (SSSR count). The lowest BCUT2D eigenvalue weighted by atomic mass is 10.00. The van der Waals surface area contributed by atoms with Gasteiger partial charge >= 0.3 is 23.9 Å². The molecule has 71 heavy (non-hydrogen) atoms. The van der Waals surface area contributed by atoms with E-state index in [9.17, 15) is 47.9 Å². The van der Waals surface area contributed by atoms with Gasteiger partial charge in [-0.2, -0.15) is 44.2 Å². The van der Waals surface area contributed by atoms with E-state index in [2.05, 4.69) is 22.4 Å². The maximum atomic E-state index is 14.0. The van der Waals surface area contributed by atoms with Gasteiger partial charge < -0.3 is 23.7 Å². The van der Waals surface area contributed by atoms with E-state index in [1.165, 1.54) is 55.3 Å². The second-order valence-electron chi connectivity index (χ2n) is 17.9. The molecule has 3 aromatic carbocycles. The van der Waals surface area contributed by atoms with Crippen LogP contribution in [0.1, 0.15) is 127 Å². The summed E-state index contributed by atoms with van der Waals surface area (Å²) in [5, 5.41) is 11.1. The average molecular weight is 1040 g/mol. The number of sulfone groups is 1. The first kappa shape index (κ1) is 57.4. The Morgan fingerprint density at radius 2 is 1.18 bits per heavy atom. The summed E-state index contributed by atoms with van der Waals surface area (Å²) in [7, 11) is -2.34. The maximum absolute atomic E-state index is 14.0. The molecule has 0 unspecified atom stereocenters. The first-order chi connectivity index (χ1) is 33.8. The number of aromatic nitrogens is 4. The van der Waals surface area contributed by atoms with Gasteiger partial charge in [0.15, 0.2) is 0 Å². The Labute approximate surface area is 410 Å². The van der Waals surface area contributed by atoms with Crippen LogP contribution in [0.15, 0.2) is 84.0 Å². The van der Waals surface area contributed by atoms with Crippen molar-refractivity contribution in [2.75, 3.05) is 19.5 Å². The van der Waals surface area contributed by atoms with Crippen LogP contribution in [0.5, 0.6) is 11.5 Å². The van der Waals surface area contributed by atoms with Crippen LogP contribution in [0.2, 0.25) is 0 Å². The van der Waals surface area contributed by atoms with Gasteiger partial charge in [-0.05, 0) is 96.5 Å². The predicted molar refractivity (Wildman–Crippen MR) is 247 cm³/mol. The lowest BCUT2D eigenvalue weighted by Crippen LogP contribution is -2.60. The molecule has 0 amide bonds. The fourth-order valence-corrected chi connectivity index (χ4v) is 9.65. The van der Waals surface area contributed by atoms with Gasteiger partial charge in [0.2, 0.25) is 9.84 Å². The van der Waals surface area contributed by atoms with E-state index in [4.69, 9.17) is 23.7 Å². The highest BCUT2D eigenvalue weighted by Crippen LogP contribution is 2.54. The van der Waals surface area contributed by atoms with Crippen molar-refractivity contribution in [3.63, 3.8) is 0 Å². The molecule has 1 aliphatic heterocycles. The van der Waals surface area contributed by atoms with E-state index in [0.29, 0.717) is 42.7 Å². The SMILES string of the molecule is CCCCCCCCCCCC[C@H](OCc1ccc(OCCCC(F)(F)C(F)(F)C(F)(F)C(F)(F)F)cc1)[C@@H]1CC[C@H]([C@@H](CCCS(=O)(=O)c2nnnn2-c2ccccc2)OCc2ccc(OC)cc2)O1. The molecule has 1 saturated heterocycles. The van der Waals surface area contributed by atoms with Crippen molar-refractivity contribution in [1.82, 2.24) is 20.2 Å². The first-order valence-corrected chi connectivity index (χ1v) is 25.9. The van der Waals surface area contributed by atoms with E-state index >= 15 is 0 Å². The van der Waals surface area contributed by atoms with Crippen molar-refractivity contribution < 1.29 is 71.6 Å². The minimum atomic E-state index is -6.94. The Bertz CT molecular complexity index is 2260. The fraction of sp³-hybridized carbons (Fsp3) is 0.620. The summed E-state index contributed by atoms with van der Waals surface area (Å²) in [6.45, 7) is 1.91. The van der Waals surface area contributed by atoms with Crippen LogP contribution in [0.25, 0.3) is 5.69 Å². The normalized spacial score (nSPS) is 16.8. The first-order valence-electron chi connectivity index (χ1n) is 24.3. The molecular weight excluding hydrogens is 972 g/mol. The van der Waals surface area contributed by atoms with Crippen LogP contribution in [-0.2, 0) is 37.3 Å². The van der Waals surface area contributed by atoms with Crippen molar-refractivity contribution in [3.8, 4) is 17.2 Å². The summed E-state index contributed by atoms with van der Waals surface area (Å²) in [6, 6.07) is 22.4. The van der Waals surface area contributed by atoms with E-state index < -0.39 is 65.4 Å². The average Bonchev–Trinajstić information content (AvgIpc) is 4.06. The van der Waals surface area contributed by atoms with E-state index in [1.807, 2.05) is 24.3 Å². The zero-order valence-corrected chi connectivity index (χ0v) is 40.9. The van der Waals surface area contributed by atoms with Gasteiger partial charge in [-0.15, -0.1) is 0 Å². The lowest BCUT2D eigenvalue weighted by molar-refractivity contribution is -0.396. The Hall–Kier alpha value is -4.47. The fourth-order valence-electron chi connectivity index (χ4n) is 8.35. The Morgan fingerprint density at radius 1 is 0.662 bits per heavy atom. The van der Waals surface area contributed by atoms with Gasteiger partial charge in [-0.3, -0.25) is 0 Å². The Morgan fingerprint density at radius 3 is 1.72 bits per heavy atom. The van der Waals surface area contributed by atoms with Gasteiger partial charge in [-0.25, -0.2) is 8.42 Å². The van der Waals surface area contributed by atoms with Crippen LogP contribution in [0, 0.1) is 0 Å². The van der Waals surface area contributed by atoms with Gasteiger partial charge in [0.1, 0.15) is 11.5 Å². The Balaban J connectivity index is 1.21. The third-order valence-electron chi connectivity index (χ3n) is 12.5. The number of para-hydroxylation sites is 1. The summed E-state index contributed by atoms with van der Waals surface area (Å²) in [5.41, 5.74) is 2.09. The van der Waals surface area contributed by atoms with Crippen LogP contribution >= 0.6 is 0 Å². The molecule has 4 atom stereocenters. The number of methoxy groups -OCH3 is 1. The number of nitrogens with zero attached hydrogens (tertiary/aromatic N) is 4. The number of rotatable bonds is 33. The molecule has 4 aromatic rings. The van der Waals surface area contributed by atoms with Crippen molar-refractivity contribution in [2.45, 2.75) is 183 Å². The molecule has 0 aliphatic carbocycles. The largest absolute Gasteiger partial charge is 0.497 e. The highest BCUT2D eigenvalue weighted by Gasteiger charge is 2.81. The molecule has 0 saturated carbocycles. The molecule has 0 N–H and O–H groups in total. The molecule has 1 fully saturated rings. The number of tetrazole rings is 1. The molecule has 1 aromatic heterocycles. The second kappa shape index (κ2) is 27.0. The summed E-state index contributed by atoms with van der Waals surface area (Å²) in [6.07, 6.45) is 2.65. The van der Waals surface area contributed by atoms with Crippen molar-refractivity contribution in [2.24, 2.45) is 0 Å². The number of hydrogen-bond donors (Lipinski definition) is 0. The molecule has 11 nitrogen and oxygen atoms in total. The topological polar surface area (TPSA) is 124 Å². The van der Waals surface area contributed by atoms with Gasteiger partial charge in [-0.1, -0.05) is 119 Å². The predicted octanol–water partition coefficient (Wildman–Crippen LogP) is 12.9. The minimum Gasteiger partial charge on any atom is -0.497 e. The molecule has 0 spiro atoms. The molecule has 1 aliphatic rings. The third-order valence-corrected chi connectivity index (χ3v) is 14.1. The van der Waals surface area contributed by atoms with Crippen LogP contribution in [-0.4, -0.2) is 96.5 Å². The van der Waals surface area contributed by atoms with E-state index in [1.54, 1.807) is 49.6 Å². The van der Waals surface area contributed by atoms with Crippen molar-refractivity contribution in [3.05, 3.63) is 90.0 Å². The van der Waals surface area contributed by atoms with E-state index in [0.717, 1.165) is 31.2 Å².